The number of hydrogen-bond donors (Lipinski definition) is 0. The minimum Gasteiger partial charge on any atom is -0.343 e. The number of fused-ring (bicyclic) bond motifs is 4. The molecule has 0 saturated heterocycles. The van der Waals surface area contributed by atoms with Gasteiger partial charge in [-0.3, -0.25) is 0 Å². The van der Waals surface area contributed by atoms with Gasteiger partial charge in [-0.15, -0.1) is 0 Å². The molecule has 0 radical (unpaired) electrons. The Balaban J connectivity index is 2.08. The van der Waals surface area contributed by atoms with Gasteiger partial charge in [0.15, 0.2) is 0 Å². The average molecular weight is 353 g/mol. The van der Waals surface area contributed by atoms with Crippen molar-refractivity contribution in [2.24, 2.45) is 7.05 Å². The van der Waals surface area contributed by atoms with Crippen LogP contribution in [0, 0.1) is 27.7 Å². The highest BCUT2D eigenvalue weighted by Gasteiger charge is 2.31. The van der Waals surface area contributed by atoms with Crippen molar-refractivity contribution in [3.63, 3.8) is 0 Å². The Kier molecular flexibility index (Phi) is 3.22. The SMILES string of the molecule is Cc1cc2c(cc1C)N(C)c1cccc3c1c-2[n+](C)c1cc(C)c(C)cc31. The second kappa shape index (κ2) is 5.32. The van der Waals surface area contributed by atoms with Crippen LogP contribution in [-0.2, 0) is 7.05 Å². The summed E-state index contributed by atoms with van der Waals surface area (Å²) in [4.78, 5) is 2.35. The lowest BCUT2D eigenvalue weighted by Gasteiger charge is -2.29. The van der Waals surface area contributed by atoms with Gasteiger partial charge in [0.25, 0.3) is 0 Å². The molecule has 0 aliphatic carbocycles. The Labute approximate surface area is 160 Å². The summed E-state index contributed by atoms with van der Waals surface area (Å²) in [6.45, 7) is 8.82. The Morgan fingerprint density at radius 3 is 2.19 bits per heavy atom. The molecule has 0 spiro atoms. The van der Waals surface area contributed by atoms with Crippen LogP contribution in [0.1, 0.15) is 22.3 Å². The molecule has 27 heavy (non-hydrogen) atoms. The summed E-state index contributed by atoms with van der Waals surface area (Å²) < 4.78 is 2.40. The lowest BCUT2D eigenvalue weighted by Crippen LogP contribution is -2.35. The molecule has 0 atom stereocenters. The highest BCUT2D eigenvalue weighted by atomic mass is 15.1. The third-order valence-electron chi connectivity index (χ3n) is 6.47. The van der Waals surface area contributed by atoms with E-state index in [1.54, 1.807) is 0 Å². The summed E-state index contributed by atoms with van der Waals surface area (Å²) in [6.07, 6.45) is 0. The molecular weight excluding hydrogens is 328 g/mol. The van der Waals surface area contributed by atoms with E-state index in [1.165, 1.54) is 66.6 Å². The number of anilines is 2. The van der Waals surface area contributed by atoms with Crippen LogP contribution in [0.2, 0.25) is 0 Å². The van der Waals surface area contributed by atoms with Gasteiger partial charge in [-0.05, 0) is 74.2 Å². The van der Waals surface area contributed by atoms with E-state index in [9.17, 15) is 0 Å². The van der Waals surface area contributed by atoms with Gasteiger partial charge in [0.05, 0.1) is 27.7 Å². The molecular formula is C25H25N2+. The van der Waals surface area contributed by atoms with Crippen molar-refractivity contribution in [2.75, 3.05) is 11.9 Å². The number of pyridine rings is 1. The number of aromatic nitrogens is 1. The van der Waals surface area contributed by atoms with E-state index in [-0.39, 0.29) is 0 Å². The highest BCUT2D eigenvalue weighted by molar-refractivity contribution is 6.17. The van der Waals surface area contributed by atoms with E-state index in [2.05, 4.69) is 93.7 Å². The predicted octanol–water partition coefficient (Wildman–Crippen LogP) is 5.80. The second-order valence-corrected chi connectivity index (χ2v) is 8.07. The van der Waals surface area contributed by atoms with Gasteiger partial charge in [0.1, 0.15) is 7.05 Å². The van der Waals surface area contributed by atoms with Crippen molar-refractivity contribution in [2.45, 2.75) is 27.7 Å². The van der Waals surface area contributed by atoms with Crippen LogP contribution in [0.4, 0.5) is 11.4 Å². The van der Waals surface area contributed by atoms with Crippen LogP contribution in [-0.4, -0.2) is 7.05 Å². The monoisotopic (exact) mass is 353 g/mol. The maximum atomic E-state index is 2.40. The summed E-state index contributed by atoms with van der Waals surface area (Å²) in [5.41, 5.74) is 11.9. The fourth-order valence-corrected chi connectivity index (χ4v) is 4.59. The molecule has 1 aliphatic heterocycles. The minimum absolute atomic E-state index is 1.29. The zero-order valence-corrected chi connectivity index (χ0v) is 16.9. The van der Waals surface area contributed by atoms with E-state index in [0.29, 0.717) is 0 Å². The molecule has 3 aromatic carbocycles. The summed E-state index contributed by atoms with van der Waals surface area (Å²) >= 11 is 0. The van der Waals surface area contributed by atoms with Crippen molar-refractivity contribution in [1.82, 2.24) is 0 Å². The fourth-order valence-electron chi connectivity index (χ4n) is 4.59. The van der Waals surface area contributed by atoms with Crippen LogP contribution < -0.4 is 9.47 Å². The van der Waals surface area contributed by atoms with Crippen molar-refractivity contribution < 1.29 is 4.57 Å². The number of nitrogens with zero attached hydrogens (tertiary/aromatic N) is 2. The summed E-state index contributed by atoms with van der Waals surface area (Å²) in [7, 11) is 4.41. The fraction of sp³-hybridized carbons (Fsp3) is 0.240. The highest BCUT2D eigenvalue weighted by Crippen LogP contribution is 2.47. The van der Waals surface area contributed by atoms with Gasteiger partial charge in [-0.2, -0.15) is 4.57 Å². The molecule has 0 unspecified atom stereocenters. The van der Waals surface area contributed by atoms with Gasteiger partial charge in [0.2, 0.25) is 11.2 Å². The van der Waals surface area contributed by atoms with Crippen molar-refractivity contribution in [1.29, 1.82) is 0 Å². The summed E-state index contributed by atoms with van der Waals surface area (Å²) in [5, 5.41) is 4.03. The second-order valence-electron chi connectivity index (χ2n) is 8.07. The molecule has 5 rings (SSSR count). The first-order valence-corrected chi connectivity index (χ1v) is 9.59. The van der Waals surface area contributed by atoms with Gasteiger partial charge in [0, 0.05) is 18.5 Å². The average Bonchev–Trinajstić information content (AvgIpc) is 2.64. The van der Waals surface area contributed by atoms with Gasteiger partial charge in [-0.25, -0.2) is 0 Å². The molecule has 1 aromatic heterocycles. The maximum absolute atomic E-state index is 2.40. The zero-order valence-electron chi connectivity index (χ0n) is 16.9. The van der Waals surface area contributed by atoms with Gasteiger partial charge < -0.3 is 4.90 Å². The molecule has 1 aliphatic rings. The van der Waals surface area contributed by atoms with Gasteiger partial charge in [-0.1, -0.05) is 12.1 Å². The number of benzene rings is 3. The van der Waals surface area contributed by atoms with E-state index >= 15 is 0 Å². The largest absolute Gasteiger partial charge is 0.343 e. The topological polar surface area (TPSA) is 7.12 Å². The first-order valence-electron chi connectivity index (χ1n) is 9.59. The maximum Gasteiger partial charge on any atom is 0.224 e. The first kappa shape index (κ1) is 16.3. The standard InChI is InChI=1S/C25H25N2/c1-14-10-19-18-8-7-9-21-24(18)25(27(6)22(19)12-16(14)3)20-11-15(2)17(4)13-23(20)26(21)5/h7-13H,1-6H3/q+1. The van der Waals surface area contributed by atoms with E-state index in [1.807, 2.05) is 0 Å². The third kappa shape index (κ3) is 2.04. The Hall–Kier alpha value is -2.87. The van der Waals surface area contributed by atoms with Crippen molar-refractivity contribution in [3.05, 3.63) is 64.7 Å². The van der Waals surface area contributed by atoms with Crippen LogP contribution in [0.5, 0.6) is 0 Å². The smallest absolute Gasteiger partial charge is 0.224 e. The summed E-state index contributed by atoms with van der Waals surface area (Å²) in [6, 6.07) is 16.1. The van der Waals surface area contributed by atoms with Crippen molar-refractivity contribution >= 4 is 33.1 Å². The van der Waals surface area contributed by atoms with Crippen LogP contribution in [0.15, 0.2) is 42.5 Å². The lowest BCUT2D eigenvalue weighted by atomic mass is 9.90. The van der Waals surface area contributed by atoms with Gasteiger partial charge >= 0.3 is 0 Å². The Bertz CT molecular complexity index is 1280. The summed E-state index contributed by atoms with van der Waals surface area (Å²) in [5.74, 6) is 0. The Morgan fingerprint density at radius 2 is 1.41 bits per heavy atom. The first-order chi connectivity index (χ1) is 12.9. The molecule has 0 fully saturated rings. The predicted molar refractivity (Wildman–Crippen MR) is 115 cm³/mol. The molecule has 2 nitrogen and oxygen atoms in total. The number of hydrogen-bond acceptors (Lipinski definition) is 1. The number of rotatable bonds is 0. The van der Waals surface area contributed by atoms with E-state index in [0.717, 1.165) is 0 Å². The van der Waals surface area contributed by atoms with Crippen LogP contribution in [0.25, 0.3) is 32.9 Å². The van der Waals surface area contributed by atoms with E-state index < -0.39 is 0 Å². The molecule has 0 amide bonds. The molecule has 4 aromatic rings. The molecule has 2 heterocycles. The molecule has 0 bridgehead atoms. The molecule has 0 N–H and O–H groups in total. The molecule has 2 heteroatoms. The van der Waals surface area contributed by atoms with Crippen LogP contribution >= 0.6 is 0 Å². The van der Waals surface area contributed by atoms with Crippen molar-refractivity contribution in [3.8, 4) is 11.3 Å². The lowest BCUT2D eigenvalue weighted by molar-refractivity contribution is -0.632. The Morgan fingerprint density at radius 1 is 0.741 bits per heavy atom. The van der Waals surface area contributed by atoms with Crippen LogP contribution in [0.3, 0.4) is 0 Å². The number of aryl methyl sites for hydroxylation is 5. The normalized spacial score (nSPS) is 12.7. The quantitative estimate of drug-likeness (QED) is 0.286. The molecule has 134 valence electrons. The third-order valence-corrected chi connectivity index (χ3v) is 6.47. The molecule has 0 saturated carbocycles. The minimum atomic E-state index is 1.29. The zero-order chi connectivity index (χ0) is 19.0. The van der Waals surface area contributed by atoms with E-state index in [4.69, 9.17) is 0 Å².